The average molecular weight is 327 g/mol. The first-order chi connectivity index (χ1) is 11.8. The van der Waals surface area contributed by atoms with Gasteiger partial charge in [0, 0.05) is 26.2 Å². The van der Waals surface area contributed by atoms with Gasteiger partial charge in [-0.3, -0.25) is 4.90 Å². The van der Waals surface area contributed by atoms with Crippen LogP contribution in [0.1, 0.15) is 30.9 Å². The van der Waals surface area contributed by atoms with Crippen LogP contribution in [0.2, 0.25) is 0 Å². The van der Waals surface area contributed by atoms with E-state index in [1.54, 1.807) is 0 Å². The van der Waals surface area contributed by atoms with E-state index in [1.807, 2.05) is 12.1 Å². The highest BCUT2D eigenvalue weighted by molar-refractivity contribution is 5.17. The minimum atomic E-state index is -0.464. The van der Waals surface area contributed by atoms with Crippen LogP contribution in [-0.2, 0) is 17.8 Å². The van der Waals surface area contributed by atoms with Gasteiger partial charge in [-0.1, -0.05) is 74.0 Å². The smallest absolute Gasteiger partial charge is 0.0900 e. The number of nitrogens with zero attached hydrogens (tertiary/aromatic N) is 1. The molecule has 2 aromatic carbocycles. The second kappa shape index (κ2) is 11.0. The lowest BCUT2D eigenvalue weighted by Gasteiger charge is -2.25. The molecule has 0 aromatic heterocycles. The van der Waals surface area contributed by atoms with Gasteiger partial charge in [0.25, 0.3) is 0 Å². The van der Waals surface area contributed by atoms with Crippen molar-refractivity contribution in [1.82, 2.24) is 4.90 Å². The Morgan fingerprint density at radius 2 is 1.46 bits per heavy atom. The van der Waals surface area contributed by atoms with Crippen LogP contribution in [0.15, 0.2) is 60.7 Å². The lowest BCUT2D eigenvalue weighted by molar-refractivity contribution is 0.0129. The van der Waals surface area contributed by atoms with Gasteiger partial charge in [0.2, 0.25) is 0 Å². The highest BCUT2D eigenvalue weighted by Gasteiger charge is 2.13. The van der Waals surface area contributed by atoms with Gasteiger partial charge in [0.1, 0.15) is 0 Å². The van der Waals surface area contributed by atoms with E-state index in [4.69, 9.17) is 4.74 Å². The minimum absolute atomic E-state index is 0.403. The summed E-state index contributed by atoms with van der Waals surface area (Å²) in [4.78, 5) is 2.28. The van der Waals surface area contributed by atoms with Gasteiger partial charge in [-0.25, -0.2) is 0 Å². The van der Waals surface area contributed by atoms with Gasteiger partial charge < -0.3 is 9.84 Å². The van der Waals surface area contributed by atoms with Crippen molar-refractivity contribution in [2.24, 2.45) is 0 Å². The van der Waals surface area contributed by atoms with E-state index < -0.39 is 6.10 Å². The zero-order chi connectivity index (χ0) is 17.0. The maximum atomic E-state index is 10.3. The number of rotatable bonds is 11. The second-order valence-electron chi connectivity index (χ2n) is 6.22. The molecule has 0 aliphatic rings. The molecule has 3 heteroatoms. The number of hydrogen-bond acceptors (Lipinski definition) is 3. The molecule has 0 heterocycles. The number of hydrogen-bond donors (Lipinski definition) is 1. The Kier molecular flexibility index (Phi) is 8.53. The molecule has 0 spiro atoms. The fourth-order valence-electron chi connectivity index (χ4n) is 2.68. The van der Waals surface area contributed by atoms with E-state index in [1.165, 1.54) is 11.1 Å². The third kappa shape index (κ3) is 7.26. The van der Waals surface area contributed by atoms with Crippen molar-refractivity contribution in [3.8, 4) is 0 Å². The summed E-state index contributed by atoms with van der Waals surface area (Å²) in [6.07, 6.45) is 1.70. The molecule has 1 atom stereocenters. The Balaban J connectivity index is 1.91. The molecule has 0 fully saturated rings. The van der Waals surface area contributed by atoms with E-state index in [2.05, 4.69) is 60.4 Å². The number of ether oxygens (including phenoxy) is 1. The summed E-state index contributed by atoms with van der Waals surface area (Å²) in [7, 11) is 0. The molecule has 2 aromatic rings. The molecule has 0 radical (unpaired) electrons. The molecule has 0 aliphatic carbocycles. The molecule has 2 rings (SSSR count). The molecule has 3 nitrogen and oxygen atoms in total. The third-order valence-electron chi connectivity index (χ3n) is 3.92. The summed E-state index contributed by atoms with van der Waals surface area (Å²) < 4.78 is 5.56. The Labute approximate surface area is 145 Å². The van der Waals surface area contributed by atoms with E-state index in [0.29, 0.717) is 13.2 Å². The lowest BCUT2D eigenvalue weighted by atomic mass is 10.1. The van der Waals surface area contributed by atoms with Crippen LogP contribution in [0.5, 0.6) is 0 Å². The van der Waals surface area contributed by atoms with Crippen LogP contribution in [0.4, 0.5) is 0 Å². The number of unbranched alkanes of at least 4 members (excludes halogenated alkanes) is 1. The lowest BCUT2D eigenvalue weighted by Crippen LogP contribution is -2.34. The molecule has 0 saturated heterocycles. The summed E-state index contributed by atoms with van der Waals surface area (Å²) in [6, 6.07) is 20.8. The Morgan fingerprint density at radius 1 is 0.917 bits per heavy atom. The topological polar surface area (TPSA) is 32.7 Å². The second-order valence-corrected chi connectivity index (χ2v) is 6.22. The van der Waals surface area contributed by atoms with Crippen molar-refractivity contribution in [1.29, 1.82) is 0 Å². The number of aliphatic hydroxyl groups excluding tert-OH is 1. The van der Waals surface area contributed by atoms with Crippen LogP contribution in [0.25, 0.3) is 0 Å². The highest BCUT2D eigenvalue weighted by atomic mass is 16.5. The summed E-state index contributed by atoms with van der Waals surface area (Å²) in [6.45, 7) is 5.52. The standard InChI is InChI=1S/C21H29NO2/c1-2-3-14-24-18-21(23)17-22(15-19-10-6-4-7-11-19)16-20-12-8-5-9-13-20/h4-13,21,23H,2-3,14-18H2,1H3. The van der Waals surface area contributed by atoms with Gasteiger partial charge in [0.05, 0.1) is 12.7 Å². The average Bonchev–Trinajstić information content (AvgIpc) is 2.60. The molecule has 24 heavy (non-hydrogen) atoms. The predicted molar refractivity (Wildman–Crippen MR) is 98.7 cm³/mol. The Morgan fingerprint density at radius 3 is 1.96 bits per heavy atom. The van der Waals surface area contributed by atoms with Crippen molar-refractivity contribution < 1.29 is 9.84 Å². The van der Waals surface area contributed by atoms with Gasteiger partial charge in [0.15, 0.2) is 0 Å². The third-order valence-corrected chi connectivity index (χ3v) is 3.92. The maximum Gasteiger partial charge on any atom is 0.0900 e. The monoisotopic (exact) mass is 327 g/mol. The summed E-state index contributed by atoms with van der Waals surface area (Å²) >= 11 is 0. The SMILES string of the molecule is CCCCOCC(O)CN(Cc1ccccc1)Cc1ccccc1. The number of aliphatic hydroxyl groups is 1. The molecule has 0 aliphatic heterocycles. The maximum absolute atomic E-state index is 10.3. The van der Waals surface area contributed by atoms with Crippen LogP contribution in [-0.4, -0.2) is 35.9 Å². The molecule has 0 bridgehead atoms. The zero-order valence-electron chi connectivity index (χ0n) is 14.6. The van der Waals surface area contributed by atoms with Crippen LogP contribution in [0.3, 0.4) is 0 Å². The summed E-state index contributed by atoms with van der Waals surface area (Å²) in [5.74, 6) is 0. The van der Waals surface area contributed by atoms with E-state index in [0.717, 1.165) is 32.5 Å². The highest BCUT2D eigenvalue weighted by Crippen LogP contribution is 2.11. The van der Waals surface area contributed by atoms with Gasteiger partial charge in [-0.05, 0) is 17.5 Å². The van der Waals surface area contributed by atoms with E-state index >= 15 is 0 Å². The normalized spacial score (nSPS) is 12.5. The quantitative estimate of drug-likeness (QED) is 0.636. The van der Waals surface area contributed by atoms with E-state index in [9.17, 15) is 5.11 Å². The van der Waals surface area contributed by atoms with Crippen LogP contribution in [0, 0.1) is 0 Å². The van der Waals surface area contributed by atoms with Crippen LogP contribution >= 0.6 is 0 Å². The summed E-state index contributed by atoms with van der Waals surface area (Å²) in [5.41, 5.74) is 2.51. The van der Waals surface area contributed by atoms with Crippen molar-refractivity contribution >= 4 is 0 Å². The van der Waals surface area contributed by atoms with Gasteiger partial charge in [-0.2, -0.15) is 0 Å². The van der Waals surface area contributed by atoms with Crippen LogP contribution < -0.4 is 0 Å². The van der Waals surface area contributed by atoms with Crippen molar-refractivity contribution in [3.63, 3.8) is 0 Å². The fraction of sp³-hybridized carbons (Fsp3) is 0.429. The fourth-order valence-corrected chi connectivity index (χ4v) is 2.68. The first-order valence-electron chi connectivity index (χ1n) is 8.84. The first-order valence-corrected chi connectivity index (χ1v) is 8.84. The molecule has 1 N–H and O–H groups in total. The zero-order valence-corrected chi connectivity index (χ0v) is 14.6. The van der Waals surface area contributed by atoms with Crippen molar-refractivity contribution in [2.45, 2.75) is 39.0 Å². The minimum Gasteiger partial charge on any atom is -0.389 e. The molecule has 1 unspecified atom stereocenters. The molecular weight excluding hydrogens is 298 g/mol. The Bertz CT molecular complexity index is 503. The predicted octanol–water partition coefficient (Wildman–Crippen LogP) is 3.87. The molecule has 0 saturated carbocycles. The van der Waals surface area contributed by atoms with Gasteiger partial charge in [-0.15, -0.1) is 0 Å². The Hall–Kier alpha value is -1.68. The van der Waals surface area contributed by atoms with E-state index in [-0.39, 0.29) is 0 Å². The van der Waals surface area contributed by atoms with Gasteiger partial charge >= 0.3 is 0 Å². The molecule has 0 amide bonds. The summed E-state index contributed by atoms with van der Waals surface area (Å²) in [5, 5.41) is 10.3. The number of benzene rings is 2. The molecule has 130 valence electrons. The largest absolute Gasteiger partial charge is 0.389 e. The van der Waals surface area contributed by atoms with Crippen molar-refractivity contribution in [2.75, 3.05) is 19.8 Å². The first kappa shape index (κ1) is 18.7. The van der Waals surface area contributed by atoms with Crippen molar-refractivity contribution in [3.05, 3.63) is 71.8 Å². The molecular formula is C21H29NO2.